The second-order valence-electron chi connectivity index (χ2n) is 5.37. The van der Waals surface area contributed by atoms with Crippen molar-refractivity contribution in [3.05, 3.63) is 51.2 Å². The lowest BCUT2D eigenvalue weighted by Gasteiger charge is -2.07. The van der Waals surface area contributed by atoms with Gasteiger partial charge in [-0.15, -0.1) is 0 Å². The van der Waals surface area contributed by atoms with Gasteiger partial charge in [-0.05, 0) is 70.1 Å². The van der Waals surface area contributed by atoms with Crippen LogP contribution in [0.1, 0.15) is 5.56 Å². The zero-order valence-electron chi connectivity index (χ0n) is 14.3. The standard InChI is InChI=1S/C17H13BrF2N4O3S/c1-26-13-7-9(6-12(18)14(13)25)8-21-24-15(22-23-17(24)28)10-2-4-11(5-3-10)27-16(19)20/h2-8,16,25H,1H3,(H,23,28). The summed E-state index contributed by atoms with van der Waals surface area (Å²) >= 11 is 8.44. The second-order valence-corrected chi connectivity index (χ2v) is 6.61. The number of aromatic nitrogens is 3. The molecule has 0 saturated heterocycles. The number of alkyl halides is 2. The topological polar surface area (TPSA) is 84.7 Å². The van der Waals surface area contributed by atoms with E-state index in [0.717, 1.165) is 0 Å². The first kappa shape index (κ1) is 20.0. The van der Waals surface area contributed by atoms with Gasteiger partial charge in [0.15, 0.2) is 17.3 Å². The summed E-state index contributed by atoms with van der Waals surface area (Å²) in [5.41, 5.74) is 1.23. The number of nitrogens with one attached hydrogen (secondary N) is 1. The molecule has 0 fully saturated rings. The molecular weight excluding hydrogens is 458 g/mol. The number of hydrogen-bond donors (Lipinski definition) is 2. The van der Waals surface area contributed by atoms with Crippen LogP contribution in [0, 0.1) is 4.77 Å². The van der Waals surface area contributed by atoms with E-state index in [0.29, 0.717) is 21.4 Å². The monoisotopic (exact) mass is 470 g/mol. The van der Waals surface area contributed by atoms with Crippen molar-refractivity contribution >= 4 is 34.4 Å². The molecule has 1 aromatic heterocycles. The van der Waals surface area contributed by atoms with Crippen molar-refractivity contribution in [2.45, 2.75) is 6.61 Å². The summed E-state index contributed by atoms with van der Waals surface area (Å²) in [6.07, 6.45) is 1.51. The average molecular weight is 471 g/mol. The molecule has 3 rings (SSSR count). The Morgan fingerprint density at radius 1 is 1.32 bits per heavy atom. The van der Waals surface area contributed by atoms with E-state index in [2.05, 4.69) is 36.0 Å². The number of aromatic amines is 1. The molecule has 146 valence electrons. The van der Waals surface area contributed by atoms with Gasteiger partial charge in [0.2, 0.25) is 4.77 Å². The molecule has 1 heterocycles. The Morgan fingerprint density at radius 2 is 2.04 bits per heavy atom. The summed E-state index contributed by atoms with van der Waals surface area (Å²) < 4.78 is 36.1. The minimum atomic E-state index is -2.90. The van der Waals surface area contributed by atoms with Crippen LogP contribution in [0.15, 0.2) is 46.0 Å². The SMILES string of the molecule is COc1cc(C=Nn2c(-c3ccc(OC(F)F)cc3)n[nH]c2=S)cc(Br)c1O. The summed E-state index contributed by atoms with van der Waals surface area (Å²) in [7, 11) is 1.44. The van der Waals surface area contributed by atoms with Gasteiger partial charge in [0.1, 0.15) is 5.75 Å². The van der Waals surface area contributed by atoms with E-state index in [1.165, 1.54) is 30.1 Å². The molecule has 0 aliphatic heterocycles. The fourth-order valence-corrected chi connectivity index (χ4v) is 2.96. The fourth-order valence-electron chi connectivity index (χ4n) is 2.32. The molecule has 0 aliphatic rings. The average Bonchev–Trinajstić information content (AvgIpc) is 3.03. The predicted octanol–water partition coefficient (Wildman–Crippen LogP) is 4.57. The summed E-state index contributed by atoms with van der Waals surface area (Å²) in [6, 6.07) is 9.18. The third kappa shape index (κ3) is 4.37. The summed E-state index contributed by atoms with van der Waals surface area (Å²) in [5, 5.41) is 21.0. The minimum Gasteiger partial charge on any atom is -0.503 e. The Morgan fingerprint density at radius 3 is 2.68 bits per heavy atom. The van der Waals surface area contributed by atoms with Crippen molar-refractivity contribution in [3.8, 4) is 28.6 Å². The number of aromatic hydroxyl groups is 1. The summed E-state index contributed by atoms with van der Waals surface area (Å²) in [5.74, 6) is 0.673. The van der Waals surface area contributed by atoms with Crippen LogP contribution in [-0.4, -0.2) is 39.9 Å². The van der Waals surface area contributed by atoms with Crippen LogP contribution in [0.5, 0.6) is 17.2 Å². The first-order valence-corrected chi connectivity index (χ1v) is 8.92. The molecule has 7 nitrogen and oxygen atoms in total. The van der Waals surface area contributed by atoms with Crippen molar-refractivity contribution in [1.29, 1.82) is 0 Å². The summed E-state index contributed by atoms with van der Waals surface area (Å²) in [6.45, 7) is -2.90. The normalized spacial score (nSPS) is 11.3. The maximum absolute atomic E-state index is 12.3. The van der Waals surface area contributed by atoms with Crippen molar-refractivity contribution < 1.29 is 23.4 Å². The number of halogens is 3. The quantitative estimate of drug-likeness (QED) is 0.407. The third-order valence-electron chi connectivity index (χ3n) is 3.58. The highest BCUT2D eigenvalue weighted by atomic mass is 79.9. The second kappa shape index (κ2) is 8.48. The first-order valence-electron chi connectivity index (χ1n) is 7.72. The van der Waals surface area contributed by atoms with Gasteiger partial charge in [-0.3, -0.25) is 0 Å². The molecular formula is C17H13BrF2N4O3S. The Labute approximate surface area is 171 Å². The van der Waals surface area contributed by atoms with Crippen molar-refractivity contribution in [2.75, 3.05) is 7.11 Å². The number of phenolic OH excluding ortho intramolecular Hbond substituents is 1. The summed E-state index contributed by atoms with van der Waals surface area (Å²) in [4.78, 5) is 0. The number of benzene rings is 2. The van der Waals surface area contributed by atoms with E-state index in [4.69, 9.17) is 17.0 Å². The Hall–Kier alpha value is -2.79. The molecule has 0 unspecified atom stereocenters. The van der Waals surface area contributed by atoms with Crippen LogP contribution in [-0.2, 0) is 0 Å². The maximum Gasteiger partial charge on any atom is 0.387 e. The number of H-pyrrole nitrogens is 1. The van der Waals surface area contributed by atoms with E-state index in [1.54, 1.807) is 24.3 Å². The molecule has 0 bridgehead atoms. The fraction of sp³-hybridized carbons (Fsp3) is 0.118. The van der Waals surface area contributed by atoms with Gasteiger partial charge >= 0.3 is 6.61 Å². The third-order valence-corrected chi connectivity index (χ3v) is 4.45. The Balaban J connectivity index is 1.93. The van der Waals surface area contributed by atoms with Gasteiger partial charge in [0, 0.05) is 5.56 Å². The number of hydrogen-bond acceptors (Lipinski definition) is 6. The van der Waals surface area contributed by atoms with E-state index in [1.807, 2.05) is 0 Å². The molecule has 3 aromatic rings. The van der Waals surface area contributed by atoms with Crippen LogP contribution in [0.2, 0.25) is 0 Å². The largest absolute Gasteiger partial charge is 0.503 e. The number of methoxy groups -OCH3 is 1. The predicted molar refractivity (Wildman–Crippen MR) is 105 cm³/mol. The van der Waals surface area contributed by atoms with E-state index >= 15 is 0 Å². The zero-order chi connectivity index (χ0) is 20.3. The molecule has 11 heteroatoms. The molecule has 0 aliphatic carbocycles. The number of nitrogens with zero attached hydrogens (tertiary/aromatic N) is 3. The molecule has 0 amide bonds. The van der Waals surface area contributed by atoms with Gasteiger partial charge in [-0.1, -0.05) is 0 Å². The Kier molecular flexibility index (Phi) is 6.05. The highest BCUT2D eigenvalue weighted by molar-refractivity contribution is 9.10. The smallest absolute Gasteiger partial charge is 0.387 e. The highest BCUT2D eigenvalue weighted by Gasteiger charge is 2.11. The van der Waals surface area contributed by atoms with Gasteiger partial charge in [-0.2, -0.15) is 23.7 Å². The number of ether oxygens (including phenoxy) is 2. The van der Waals surface area contributed by atoms with E-state index in [9.17, 15) is 13.9 Å². The maximum atomic E-state index is 12.3. The number of phenols is 1. The van der Waals surface area contributed by atoms with Gasteiger partial charge in [-0.25, -0.2) is 5.10 Å². The molecule has 0 saturated carbocycles. The highest BCUT2D eigenvalue weighted by Crippen LogP contribution is 2.34. The van der Waals surface area contributed by atoms with Gasteiger partial charge < -0.3 is 14.6 Å². The molecule has 2 N–H and O–H groups in total. The van der Waals surface area contributed by atoms with Gasteiger partial charge in [0.05, 0.1) is 17.8 Å². The van der Waals surface area contributed by atoms with Crippen LogP contribution in [0.4, 0.5) is 8.78 Å². The van der Waals surface area contributed by atoms with Crippen molar-refractivity contribution in [1.82, 2.24) is 14.9 Å². The molecule has 2 aromatic carbocycles. The van der Waals surface area contributed by atoms with E-state index in [-0.39, 0.29) is 22.0 Å². The molecule has 0 atom stereocenters. The molecule has 0 spiro atoms. The van der Waals surface area contributed by atoms with Crippen LogP contribution in [0.25, 0.3) is 11.4 Å². The number of rotatable bonds is 6. The van der Waals surface area contributed by atoms with Crippen molar-refractivity contribution in [2.24, 2.45) is 5.10 Å². The van der Waals surface area contributed by atoms with Crippen molar-refractivity contribution in [3.63, 3.8) is 0 Å². The molecule has 0 radical (unpaired) electrons. The lowest BCUT2D eigenvalue weighted by Crippen LogP contribution is -2.01. The zero-order valence-corrected chi connectivity index (χ0v) is 16.7. The van der Waals surface area contributed by atoms with Crippen LogP contribution in [0.3, 0.4) is 0 Å². The van der Waals surface area contributed by atoms with E-state index < -0.39 is 6.61 Å². The van der Waals surface area contributed by atoms with Gasteiger partial charge in [0.25, 0.3) is 0 Å². The Bertz CT molecular complexity index is 1070. The first-order chi connectivity index (χ1) is 13.4. The lowest BCUT2D eigenvalue weighted by atomic mass is 10.2. The molecule has 28 heavy (non-hydrogen) atoms. The van der Waals surface area contributed by atoms with Crippen LogP contribution >= 0.6 is 28.1 Å². The van der Waals surface area contributed by atoms with Crippen LogP contribution < -0.4 is 9.47 Å². The lowest BCUT2D eigenvalue weighted by molar-refractivity contribution is -0.0498. The minimum absolute atomic E-state index is 0.0219.